The van der Waals surface area contributed by atoms with E-state index in [1.807, 2.05) is 13.0 Å². The van der Waals surface area contributed by atoms with Gasteiger partial charge in [0.25, 0.3) is 0 Å². The van der Waals surface area contributed by atoms with Crippen LogP contribution in [0.4, 0.5) is 10.8 Å². The summed E-state index contributed by atoms with van der Waals surface area (Å²) in [4.78, 5) is 18.4. The van der Waals surface area contributed by atoms with Gasteiger partial charge < -0.3 is 24.6 Å². The van der Waals surface area contributed by atoms with Crippen molar-refractivity contribution in [3.05, 3.63) is 48.2 Å². The molecule has 3 N–H and O–H groups in total. The molecule has 1 saturated heterocycles. The number of nitrogens with one attached hydrogen (secondary N) is 2. The Kier molecular flexibility index (Phi) is 7.81. The summed E-state index contributed by atoms with van der Waals surface area (Å²) in [6.45, 7) is 3.30. The van der Waals surface area contributed by atoms with E-state index in [1.54, 1.807) is 24.3 Å². The second kappa shape index (κ2) is 11.0. The molecule has 1 fully saturated rings. The Labute approximate surface area is 204 Å². The molecule has 1 amide bonds. The standard InChI is InChI=1S/C24H27N3O5S2/c1-15-23(33-24(25-15)26-22(29)13-16-9-11-32-12-10-16)17-3-8-20(31-2)21(14-17)34(30)27-18-4-6-19(28)7-5-18/h3-8,14,16,27-28H,9-13H2,1-2H3,(H,25,26,29). The summed E-state index contributed by atoms with van der Waals surface area (Å²) in [7, 11) is -0.0742. The summed E-state index contributed by atoms with van der Waals surface area (Å²) in [5, 5.41) is 12.9. The molecular formula is C24H27N3O5S2. The van der Waals surface area contributed by atoms with Crippen LogP contribution in [-0.2, 0) is 20.5 Å². The lowest BCUT2D eigenvalue weighted by atomic mass is 9.96. The Morgan fingerprint density at radius 1 is 1.24 bits per heavy atom. The van der Waals surface area contributed by atoms with Crippen LogP contribution < -0.4 is 14.8 Å². The fourth-order valence-electron chi connectivity index (χ4n) is 3.76. The lowest BCUT2D eigenvalue weighted by Gasteiger charge is -2.20. The van der Waals surface area contributed by atoms with Crippen LogP contribution in [-0.4, -0.2) is 40.5 Å². The van der Waals surface area contributed by atoms with E-state index in [1.165, 1.54) is 30.6 Å². The van der Waals surface area contributed by atoms with E-state index < -0.39 is 11.0 Å². The minimum absolute atomic E-state index is 0.0400. The molecule has 4 rings (SSSR count). The third-order valence-corrected chi connectivity index (χ3v) is 7.82. The van der Waals surface area contributed by atoms with E-state index in [9.17, 15) is 14.1 Å². The number of hydrogen-bond acceptors (Lipinski definition) is 7. The van der Waals surface area contributed by atoms with Gasteiger partial charge in [-0.2, -0.15) is 0 Å². The molecule has 2 heterocycles. The van der Waals surface area contributed by atoms with E-state index in [0.717, 1.165) is 29.0 Å². The van der Waals surface area contributed by atoms with Gasteiger partial charge in [0, 0.05) is 25.3 Å². The number of phenolic OH excluding ortho intramolecular Hbond substituents is 1. The van der Waals surface area contributed by atoms with E-state index in [0.29, 0.717) is 47.0 Å². The monoisotopic (exact) mass is 501 g/mol. The molecule has 0 radical (unpaired) electrons. The Morgan fingerprint density at radius 2 is 1.97 bits per heavy atom. The predicted octanol–water partition coefficient (Wildman–Crippen LogP) is 4.72. The normalized spacial score (nSPS) is 15.0. The average Bonchev–Trinajstić information content (AvgIpc) is 3.20. The molecular weight excluding hydrogens is 474 g/mol. The quantitative estimate of drug-likeness (QED) is 0.385. The van der Waals surface area contributed by atoms with Crippen LogP contribution in [0.3, 0.4) is 0 Å². The van der Waals surface area contributed by atoms with Crippen LogP contribution in [0.15, 0.2) is 47.4 Å². The van der Waals surface area contributed by atoms with Gasteiger partial charge in [-0.05, 0) is 73.7 Å². The highest BCUT2D eigenvalue weighted by molar-refractivity contribution is 7.86. The van der Waals surface area contributed by atoms with E-state index in [4.69, 9.17) is 9.47 Å². The van der Waals surface area contributed by atoms with Crippen molar-refractivity contribution in [1.82, 2.24) is 4.98 Å². The lowest BCUT2D eigenvalue weighted by molar-refractivity contribution is -0.117. The second-order valence-electron chi connectivity index (χ2n) is 8.02. The number of benzene rings is 2. The van der Waals surface area contributed by atoms with Crippen molar-refractivity contribution in [2.24, 2.45) is 5.92 Å². The number of carbonyl (C=O) groups excluding carboxylic acids is 1. The van der Waals surface area contributed by atoms with Gasteiger partial charge >= 0.3 is 0 Å². The zero-order chi connectivity index (χ0) is 24.1. The number of ether oxygens (including phenoxy) is 2. The van der Waals surface area contributed by atoms with Crippen LogP contribution in [0.5, 0.6) is 11.5 Å². The molecule has 1 aromatic heterocycles. The number of hydrogen-bond donors (Lipinski definition) is 3. The number of phenols is 1. The number of aromatic hydroxyl groups is 1. The fourth-order valence-corrected chi connectivity index (χ4v) is 5.76. The zero-order valence-electron chi connectivity index (χ0n) is 19.0. The molecule has 3 aromatic rings. The van der Waals surface area contributed by atoms with Crippen LogP contribution in [0.2, 0.25) is 0 Å². The van der Waals surface area contributed by atoms with Crippen molar-refractivity contribution in [2.75, 3.05) is 30.4 Å². The SMILES string of the molecule is COc1ccc(-c2sc(NC(=O)CC3CCOCC3)nc2C)cc1S(=O)Nc1ccc(O)cc1. The van der Waals surface area contributed by atoms with E-state index in [2.05, 4.69) is 15.0 Å². The Balaban J connectivity index is 1.51. The maximum atomic E-state index is 13.1. The minimum atomic E-state index is -1.60. The summed E-state index contributed by atoms with van der Waals surface area (Å²) in [6, 6.07) is 11.8. The molecule has 1 unspecified atom stereocenters. The van der Waals surface area contributed by atoms with Crippen LogP contribution >= 0.6 is 11.3 Å². The summed E-state index contributed by atoms with van der Waals surface area (Å²) in [5.41, 5.74) is 2.21. The van der Waals surface area contributed by atoms with E-state index >= 15 is 0 Å². The first-order valence-corrected chi connectivity index (χ1v) is 12.9. The van der Waals surface area contributed by atoms with Crippen molar-refractivity contribution in [2.45, 2.75) is 31.1 Å². The molecule has 0 aliphatic carbocycles. The molecule has 0 spiro atoms. The molecule has 0 saturated carbocycles. The van der Waals surface area contributed by atoms with Crippen LogP contribution in [0.1, 0.15) is 25.0 Å². The van der Waals surface area contributed by atoms with Crippen molar-refractivity contribution < 1.29 is 23.6 Å². The van der Waals surface area contributed by atoms with Crippen molar-refractivity contribution in [3.63, 3.8) is 0 Å². The van der Waals surface area contributed by atoms with Gasteiger partial charge in [0.15, 0.2) is 16.1 Å². The molecule has 1 atom stereocenters. The van der Waals surface area contributed by atoms with Gasteiger partial charge in [-0.3, -0.25) is 4.79 Å². The molecule has 1 aliphatic heterocycles. The lowest BCUT2D eigenvalue weighted by Crippen LogP contribution is -2.22. The van der Waals surface area contributed by atoms with Crippen LogP contribution in [0, 0.1) is 12.8 Å². The van der Waals surface area contributed by atoms with Gasteiger partial charge in [0.05, 0.1) is 17.7 Å². The van der Waals surface area contributed by atoms with Gasteiger partial charge in [-0.15, -0.1) is 0 Å². The molecule has 10 heteroatoms. The van der Waals surface area contributed by atoms with Crippen molar-refractivity contribution in [1.29, 1.82) is 0 Å². The minimum Gasteiger partial charge on any atom is -0.508 e. The molecule has 1 aliphatic rings. The topological polar surface area (TPSA) is 110 Å². The number of methoxy groups -OCH3 is 1. The number of rotatable bonds is 8. The maximum Gasteiger partial charge on any atom is 0.226 e. The third-order valence-electron chi connectivity index (χ3n) is 5.56. The number of thiazole rings is 1. The Morgan fingerprint density at radius 3 is 2.68 bits per heavy atom. The van der Waals surface area contributed by atoms with E-state index in [-0.39, 0.29) is 11.7 Å². The zero-order valence-corrected chi connectivity index (χ0v) is 20.6. The molecule has 0 bridgehead atoms. The third kappa shape index (κ3) is 5.94. The highest BCUT2D eigenvalue weighted by Crippen LogP contribution is 2.36. The first kappa shape index (κ1) is 24.2. The Hall–Kier alpha value is -2.95. The highest BCUT2D eigenvalue weighted by Gasteiger charge is 2.20. The molecule has 2 aromatic carbocycles. The van der Waals surface area contributed by atoms with Gasteiger partial charge in [0.2, 0.25) is 5.91 Å². The number of aromatic nitrogens is 1. The second-order valence-corrected chi connectivity index (χ2v) is 10.2. The van der Waals surface area contributed by atoms with Crippen molar-refractivity contribution in [3.8, 4) is 21.9 Å². The number of carbonyl (C=O) groups is 1. The molecule has 8 nitrogen and oxygen atoms in total. The number of amides is 1. The van der Waals surface area contributed by atoms with Gasteiger partial charge in [0.1, 0.15) is 16.4 Å². The molecule has 34 heavy (non-hydrogen) atoms. The summed E-state index contributed by atoms with van der Waals surface area (Å²) >= 11 is 1.39. The van der Waals surface area contributed by atoms with Gasteiger partial charge in [-0.25, -0.2) is 9.19 Å². The summed E-state index contributed by atoms with van der Waals surface area (Å²) in [5.74, 6) is 0.920. The number of nitrogens with zero attached hydrogens (tertiary/aromatic N) is 1. The maximum absolute atomic E-state index is 13.1. The smallest absolute Gasteiger partial charge is 0.226 e. The number of anilines is 2. The van der Waals surface area contributed by atoms with Crippen molar-refractivity contribution >= 4 is 39.0 Å². The highest BCUT2D eigenvalue weighted by atomic mass is 32.2. The summed E-state index contributed by atoms with van der Waals surface area (Å²) in [6.07, 6.45) is 2.27. The summed E-state index contributed by atoms with van der Waals surface area (Å²) < 4.78 is 26.8. The number of aryl methyl sites for hydroxylation is 1. The fraction of sp³-hybridized carbons (Fsp3) is 0.333. The Bertz CT molecular complexity index is 1170. The van der Waals surface area contributed by atoms with Gasteiger partial charge in [-0.1, -0.05) is 11.3 Å². The first-order chi connectivity index (χ1) is 16.4. The molecule has 180 valence electrons. The average molecular weight is 502 g/mol. The largest absolute Gasteiger partial charge is 0.508 e. The predicted molar refractivity (Wildman–Crippen MR) is 134 cm³/mol. The first-order valence-electron chi connectivity index (χ1n) is 10.9. The van der Waals surface area contributed by atoms with Crippen LogP contribution in [0.25, 0.3) is 10.4 Å².